The molecule has 7 nitrogen and oxygen atoms in total. The van der Waals surface area contributed by atoms with E-state index in [4.69, 9.17) is 0 Å². The predicted octanol–water partition coefficient (Wildman–Crippen LogP) is 0.889. The average molecular weight is 315 g/mol. The van der Waals surface area contributed by atoms with Crippen LogP contribution in [0.5, 0.6) is 0 Å². The molecule has 0 atom stereocenters. The topological polar surface area (TPSA) is 71.3 Å². The van der Waals surface area contributed by atoms with E-state index in [1.165, 1.54) is 0 Å². The highest BCUT2D eigenvalue weighted by molar-refractivity contribution is 5.98. The van der Waals surface area contributed by atoms with Crippen LogP contribution in [-0.4, -0.2) is 62.6 Å². The van der Waals surface area contributed by atoms with E-state index in [1.54, 1.807) is 21.4 Å². The van der Waals surface area contributed by atoms with Crippen molar-refractivity contribution in [2.24, 2.45) is 7.05 Å². The van der Waals surface area contributed by atoms with Crippen LogP contribution in [0.4, 0.5) is 0 Å². The number of piperazine rings is 1. The number of aromatic nitrogens is 3. The number of amides is 2. The molecule has 1 fully saturated rings. The van der Waals surface area contributed by atoms with Gasteiger partial charge in [0.25, 0.3) is 5.91 Å². The van der Waals surface area contributed by atoms with Gasteiger partial charge in [0.15, 0.2) is 5.65 Å². The summed E-state index contributed by atoms with van der Waals surface area (Å²) >= 11 is 0. The van der Waals surface area contributed by atoms with Crippen molar-refractivity contribution in [2.75, 3.05) is 26.2 Å². The van der Waals surface area contributed by atoms with Crippen molar-refractivity contribution in [1.82, 2.24) is 24.6 Å². The number of fused-ring (bicyclic) bond motifs is 1. The lowest BCUT2D eigenvalue weighted by atomic mass is 10.1. The summed E-state index contributed by atoms with van der Waals surface area (Å²) in [7, 11) is 1.85. The van der Waals surface area contributed by atoms with E-state index in [0.717, 1.165) is 16.7 Å². The molecule has 2 aromatic rings. The van der Waals surface area contributed by atoms with Gasteiger partial charge in [-0.1, -0.05) is 0 Å². The Hall–Kier alpha value is -2.44. The van der Waals surface area contributed by atoms with Crippen LogP contribution in [0.25, 0.3) is 11.0 Å². The van der Waals surface area contributed by atoms with Crippen LogP contribution < -0.4 is 0 Å². The molecule has 0 bridgehead atoms. The fourth-order valence-electron chi connectivity index (χ4n) is 3.04. The number of carbonyl (C=O) groups is 2. The van der Waals surface area contributed by atoms with Gasteiger partial charge in [-0.2, -0.15) is 5.10 Å². The van der Waals surface area contributed by atoms with Crippen LogP contribution in [-0.2, 0) is 11.8 Å². The molecule has 0 N–H and O–H groups in total. The van der Waals surface area contributed by atoms with Crippen LogP contribution in [0.15, 0.2) is 6.07 Å². The van der Waals surface area contributed by atoms with E-state index in [2.05, 4.69) is 10.1 Å². The molecular formula is C16H21N5O2. The van der Waals surface area contributed by atoms with Crippen LogP contribution in [0.1, 0.15) is 28.7 Å². The van der Waals surface area contributed by atoms with Crippen LogP contribution in [0, 0.1) is 13.8 Å². The zero-order chi connectivity index (χ0) is 16.7. The first-order chi connectivity index (χ1) is 10.9. The summed E-state index contributed by atoms with van der Waals surface area (Å²) in [5.74, 6) is 0.0331. The Labute approximate surface area is 134 Å². The van der Waals surface area contributed by atoms with Gasteiger partial charge in [-0.05, 0) is 19.9 Å². The molecule has 23 heavy (non-hydrogen) atoms. The molecule has 2 aromatic heterocycles. The number of rotatable bonds is 1. The number of pyridine rings is 1. The molecule has 3 heterocycles. The lowest BCUT2D eigenvalue weighted by Crippen LogP contribution is -2.50. The number of aryl methyl sites for hydroxylation is 3. The van der Waals surface area contributed by atoms with Crippen LogP contribution >= 0.6 is 0 Å². The van der Waals surface area contributed by atoms with E-state index in [9.17, 15) is 9.59 Å². The fourth-order valence-corrected chi connectivity index (χ4v) is 3.04. The molecule has 3 rings (SSSR count). The van der Waals surface area contributed by atoms with E-state index in [0.29, 0.717) is 37.4 Å². The third-order valence-corrected chi connectivity index (χ3v) is 4.43. The summed E-state index contributed by atoms with van der Waals surface area (Å²) < 4.78 is 1.73. The number of carbonyl (C=O) groups excluding carboxylic acids is 2. The number of hydrogen-bond acceptors (Lipinski definition) is 4. The van der Waals surface area contributed by atoms with Gasteiger partial charge < -0.3 is 9.80 Å². The van der Waals surface area contributed by atoms with E-state index in [-0.39, 0.29) is 11.8 Å². The van der Waals surface area contributed by atoms with Gasteiger partial charge >= 0.3 is 0 Å². The first-order valence-corrected chi connectivity index (χ1v) is 7.74. The first-order valence-electron chi connectivity index (χ1n) is 7.74. The van der Waals surface area contributed by atoms with Gasteiger partial charge in [0, 0.05) is 45.5 Å². The van der Waals surface area contributed by atoms with Gasteiger partial charge in [-0.15, -0.1) is 0 Å². The summed E-state index contributed by atoms with van der Waals surface area (Å²) in [5.41, 5.74) is 2.98. The molecule has 0 unspecified atom stereocenters. The minimum absolute atomic E-state index is 0.0247. The third kappa shape index (κ3) is 2.67. The lowest BCUT2D eigenvalue weighted by Gasteiger charge is -2.34. The molecular weight excluding hydrogens is 294 g/mol. The van der Waals surface area contributed by atoms with Crippen molar-refractivity contribution < 1.29 is 9.59 Å². The minimum atomic E-state index is -0.0247. The summed E-state index contributed by atoms with van der Waals surface area (Å²) in [6.45, 7) is 7.61. The van der Waals surface area contributed by atoms with Gasteiger partial charge in [0.2, 0.25) is 5.91 Å². The monoisotopic (exact) mass is 315 g/mol. The predicted molar refractivity (Wildman–Crippen MR) is 86.1 cm³/mol. The fraction of sp³-hybridized carbons (Fsp3) is 0.500. The first kappa shape index (κ1) is 15.5. The Balaban J connectivity index is 1.88. The largest absolute Gasteiger partial charge is 0.339 e. The van der Waals surface area contributed by atoms with Crippen molar-refractivity contribution >= 4 is 22.8 Å². The van der Waals surface area contributed by atoms with Crippen LogP contribution in [0.3, 0.4) is 0 Å². The summed E-state index contributed by atoms with van der Waals surface area (Å²) in [6.07, 6.45) is 0. The van der Waals surface area contributed by atoms with E-state index in [1.807, 2.05) is 27.0 Å². The normalized spacial score (nSPS) is 15.3. The Morgan fingerprint density at radius 1 is 1.04 bits per heavy atom. The second kappa shape index (κ2) is 5.64. The molecule has 1 aliphatic heterocycles. The zero-order valence-corrected chi connectivity index (χ0v) is 14.0. The summed E-state index contributed by atoms with van der Waals surface area (Å²) in [6, 6.07) is 1.89. The van der Waals surface area contributed by atoms with Gasteiger partial charge in [-0.3, -0.25) is 14.3 Å². The third-order valence-electron chi connectivity index (χ3n) is 4.43. The minimum Gasteiger partial charge on any atom is -0.339 e. The van der Waals surface area contributed by atoms with E-state index < -0.39 is 0 Å². The second-order valence-electron chi connectivity index (χ2n) is 6.00. The van der Waals surface area contributed by atoms with Crippen LogP contribution in [0.2, 0.25) is 0 Å². The van der Waals surface area contributed by atoms with Crippen molar-refractivity contribution in [2.45, 2.75) is 20.8 Å². The van der Waals surface area contributed by atoms with Gasteiger partial charge in [-0.25, -0.2) is 4.98 Å². The molecule has 0 spiro atoms. The van der Waals surface area contributed by atoms with Crippen molar-refractivity contribution in [3.8, 4) is 0 Å². The second-order valence-corrected chi connectivity index (χ2v) is 6.00. The molecule has 0 aliphatic carbocycles. The standard InChI is InChI=1S/C16H21N5O2/c1-10-14(9-13-11(2)18-19(4)15(13)17-10)16(23)21-7-5-20(6-8-21)12(3)22/h9H,5-8H2,1-4H3. The SMILES string of the molecule is CC(=O)N1CCN(C(=O)c2cc3c(C)nn(C)c3nc2C)CC1. The average Bonchev–Trinajstić information content (AvgIpc) is 2.80. The van der Waals surface area contributed by atoms with Gasteiger partial charge in [0.05, 0.1) is 17.0 Å². The lowest BCUT2D eigenvalue weighted by molar-refractivity contribution is -0.130. The summed E-state index contributed by atoms with van der Waals surface area (Å²) in [5, 5.41) is 5.27. The van der Waals surface area contributed by atoms with E-state index >= 15 is 0 Å². The Bertz CT molecular complexity index is 787. The van der Waals surface area contributed by atoms with Crippen molar-refractivity contribution in [3.63, 3.8) is 0 Å². The van der Waals surface area contributed by atoms with Crippen molar-refractivity contribution in [1.29, 1.82) is 0 Å². The maximum Gasteiger partial charge on any atom is 0.255 e. The smallest absolute Gasteiger partial charge is 0.255 e. The number of hydrogen-bond donors (Lipinski definition) is 0. The Morgan fingerprint density at radius 2 is 1.65 bits per heavy atom. The number of nitrogens with zero attached hydrogens (tertiary/aromatic N) is 5. The van der Waals surface area contributed by atoms with Crippen molar-refractivity contribution in [3.05, 3.63) is 23.0 Å². The molecule has 2 amide bonds. The quantitative estimate of drug-likeness (QED) is 0.783. The molecule has 7 heteroatoms. The highest BCUT2D eigenvalue weighted by Crippen LogP contribution is 2.21. The molecule has 122 valence electrons. The Kier molecular flexibility index (Phi) is 3.79. The maximum absolute atomic E-state index is 12.8. The highest BCUT2D eigenvalue weighted by atomic mass is 16.2. The molecule has 1 saturated heterocycles. The van der Waals surface area contributed by atoms with Gasteiger partial charge in [0.1, 0.15) is 0 Å². The maximum atomic E-state index is 12.8. The molecule has 0 saturated carbocycles. The molecule has 0 aromatic carbocycles. The zero-order valence-electron chi connectivity index (χ0n) is 14.0. The Morgan fingerprint density at radius 3 is 2.26 bits per heavy atom. The molecule has 1 aliphatic rings. The highest BCUT2D eigenvalue weighted by Gasteiger charge is 2.25. The molecule has 0 radical (unpaired) electrons. The summed E-state index contributed by atoms with van der Waals surface area (Å²) in [4.78, 5) is 32.3.